The number of piperidine rings is 1. The topological polar surface area (TPSA) is 97.0 Å². The molecule has 3 heterocycles. The number of nitrogen functional groups attached to an aromatic ring is 1. The van der Waals surface area contributed by atoms with Gasteiger partial charge in [-0.3, -0.25) is 9.11 Å². The number of nitrogens with two attached hydrogens (primary N) is 1. The zero-order valence-corrected chi connectivity index (χ0v) is 18.5. The van der Waals surface area contributed by atoms with E-state index < -0.39 is 10.8 Å². The number of rotatable bonds is 5. The van der Waals surface area contributed by atoms with Crippen LogP contribution >= 0.6 is 0 Å². The number of benzene rings is 1. The number of nitrogens with zero attached hydrogens (tertiary/aromatic N) is 4. The van der Waals surface area contributed by atoms with E-state index in [2.05, 4.69) is 37.3 Å². The zero-order chi connectivity index (χ0) is 21.3. The maximum Gasteiger partial charge on any atom is 0.226 e. The molecule has 4 rings (SSSR count). The summed E-state index contributed by atoms with van der Waals surface area (Å²) in [7, 11) is -0.929. The number of pyridine rings is 1. The normalized spacial score (nSPS) is 16.6. The third-order valence-electron chi connectivity index (χ3n) is 5.60. The molecule has 1 aliphatic heterocycles. The van der Waals surface area contributed by atoms with Crippen molar-refractivity contribution in [3.8, 4) is 0 Å². The Kier molecular flexibility index (Phi) is 5.97. The van der Waals surface area contributed by atoms with Gasteiger partial charge in [-0.05, 0) is 56.0 Å². The van der Waals surface area contributed by atoms with Crippen molar-refractivity contribution < 1.29 is 4.21 Å². The van der Waals surface area contributed by atoms with Crippen molar-refractivity contribution in [2.45, 2.75) is 44.2 Å². The van der Waals surface area contributed by atoms with Crippen molar-refractivity contribution in [3.63, 3.8) is 0 Å². The number of aromatic nitrogens is 3. The molecule has 3 N–H and O–H groups in total. The van der Waals surface area contributed by atoms with Crippen molar-refractivity contribution in [2.75, 3.05) is 30.4 Å². The highest BCUT2D eigenvalue weighted by atomic mass is 32.2. The summed E-state index contributed by atoms with van der Waals surface area (Å²) >= 11 is 0. The minimum absolute atomic E-state index is 0.314. The molecular formula is C22H28N6OS. The van der Waals surface area contributed by atoms with Gasteiger partial charge in [0, 0.05) is 53.3 Å². The first-order valence-corrected chi connectivity index (χ1v) is 11.8. The van der Waals surface area contributed by atoms with Crippen LogP contribution in [0.3, 0.4) is 0 Å². The molecule has 1 atom stereocenters. The van der Waals surface area contributed by atoms with Crippen LogP contribution in [0.4, 0.5) is 11.8 Å². The minimum atomic E-state index is -0.929. The van der Waals surface area contributed by atoms with Crippen LogP contribution in [0.25, 0.3) is 11.0 Å². The van der Waals surface area contributed by atoms with Gasteiger partial charge in [0.15, 0.2) is 5.65 Å². The Labute approximate surface area is 179 Å². The molecule has 3 aromatic rings. The fraction of sp³-hybridized carbons (Fsp3) is 0.409. The van der Waals surface area contributed by atoms with Gasteiger partial charge in [-0.25, -0.2) is 4.98 Å². The fourth-order valence-corrected chi connectivity index (χ4v) is 4.56. The fourth-order valence-electron chi connectivity index (χ4n) is 4.04. The Bertz CT molecular complexity index is 1080. The lowest BCUT2D eigenvalue weighted by Gasteiger charge is -2.32. The molecule has 1 saturated heterocycles. The Balaban J connectivity index is 1.37. The highest BCUT2D eigenvalue weighted by molar-refractivity contribution is 7.84. The number of fused-ring (bicyclic) bond motifs is 1. The second-order valence-corrected chi connectivity index (χ2v) is 9.38. The molecule has 30 heavy (non-hydrogen) atoms. The van der Waals surface area contributed by atoms with E-state index in [-0.39, 0.29) is 0 Å². The largest absolute Gasteiger partial charge is 0.383 e. The number of likely N-dealkylation sites (tertiary alicyclic amines) is 1. The van der Waals surface area contributed by atoms with Gasteiger partial charge in [0.05, 0.1) is 5.39 Å². The van der Waals surface area contributed by atoms with E-state index in [9.17, 15) is 4.21 Å². The second kappa shape index (κ2) is 8.65. The quantitative estimate of drug-likeness (QED) is 0.650. The third kappa shape index (κ3) is 4.60. The smallest absolute Gasteiger partial charge is 0.226 e. The summed E-state index contributed by atoms with van der Waals surface area (Å²) < 4.78 is 11.5. The lowest BCUT2D eigenvalue weighted by Crippen LogP contribution is -2.39. The molecular weight excluding hydrogens is 396 g/mol. The summed E-state index contributed by atoms with van der Waals surface area (Å²) in [6.07, 6.45) is 3.73. The molecule has 0 amide bonds. The van der Waals surface area contributed by atoms with Crippen molar-refractivity contribution in [2.24, 2.45) is 0 Å². The van der Waals surface area contributed by atoms with Crippen molar-refractivity contribution in [1.82, 2.24) is 19.9 Å². The second-order valence-electron chi connectivity index (χ2n) is 8.00. The summed E-state index contributed by atoms with van der Waals surface area (Å²) in [5, 5.41) is 4.29. The molecule has 1 fully saturated rings. The molecule has 1 aromatic carbocycles. The molecule has 1 aliphatic rings. The predicted molar refractivity (Wildman–Crippen MR) is 122 cm³/mol. The Morgan fingerprint density at radius 1 is 1.13 bits per heavy atom. The van der Waals surface area contributed by atoms with Gasteiger partial charge in [0.1, 0.15) is 5.82 Å². The van der Waals surface area contributed by atoms with Crippen LogP contribution in [-0.2, 0) is 17.3 Å². The van der Waals surface area contributed by atoms with E-state index >= 15 is 0 Å². The highest BCUT2D eigenvalue weighted by Gasteiger charge is 2.21. The van der Waals surface area contributed by atoms with Crippen molar-refractivity contribution in [3.05, 3.63) is 47.2 Å². The maximum atomic E-state index is 11.5. The van der Waals surface area contributed by atoms with Gasteiger partial charge in [0.25, 0.3) is 0 Å². The molecule has 2 aromatic heterocycles. The van der Waals surface area contributed by atoms with E-state index in [0.29, 0.717) is 23.5 Å². The Hall–Kier alpha value is -2.58. The first-order chi connectivity index (χ1) is 14.4. The SMILES string of the molecule is Cc1cc(C)c2c(N)nc(NC3CCN(Cc4ccc(S(C)=O)cc4)CC3)nc2n1. The number of hydrogen-bond acceptors (Lipinski definition) is 7. The summed E-state index contributed by atoms with van der Waals surface area (Å²) in [4.78, 5) is 16.9. The number of nitrogens with one attached hydrogen (secondary N) is 1. The molecule has 158 valence electrons. The van der Waals surface area contributed by atoms with Crippen molar-refractivity contribution >= 4 is 33.6 Å². The van der Waals surface area contributed by atoms with Crippen LogP contribution < -0.4 is 11.1 Å². The van der Waals surface area contributed by atoms with Gasteiger partial charge in [0.2, 0.25) is 5.95 Å². The van der Waals surface area contributed by atoms with E-state index in [0.717, 1.165) is 54.0 Å². The van der Waals surface area contributed by atoms with Crippen LogP contribution in [0.1, 0.15) is 29.7 Å². The standard InChI is InChI=1S/C22H28N6OS/c1-14-12-15(2)24-21-19(14)20(23)26-22(27-21)25-17-8-10-28(11-9-17)13-16-4-6-18(7-5-16)30(3)29/h4-7,12,17H,8-11,13H2,1-3H3,(H3,23,24,25,26,27). The molecule has 0 bridgehead atoms. The van der Waals surface area contributed by atoms with Gasteiger partial charge in [-0.2, -0.15) is 9.97 Å². The summed E-state index contributed by atoms with van der Waals surface area (Å²) in [5.41, 5.74) is 10.1. The maximum absolute atomic E-state index is 11.5. The van der Waals surface area contributed by atoms with Crippen LogP contribution in [0.15, 0.2) is 35.2 Å². The monoisotopic (exact) mass is 424 g/mol. The van der Waals surface area contributed by atoms with Gasteiger partial charge >= 0.3 is 0 Å². The lowest BCUT2D eigenvalue weighted by atomic mass is 10.0. The van der Waals surface area contributed by atoms with Gasteiger partial charge < -0.3 is 11.1 Å². The molecule has 0 radical (unpaired) electrons. The first-order valence-electron chi connectivity index (χ1n) is 10.2. The zero-order valence-electron chi connectivity index (χ0n) is 17.7. The first kappa shape index (κ1) is 20.7. The molecule has 0 spiro atoms. The third-order valence-corrected chi connectivity index (χ3v) is 6.54. The van der Waals surface area contributed by atoms with E-state index in [1.165, 1.54) is 5.56 Å². The van der Waals surface area contributed by atoms with Crippen LogP contribution in [0.5, 0.6) is 0 Å². The van der Waals surface area contributed by atoms with Crippen LogP contribution in [0, 0.1) is 13.8 Å². The summed E-state index contributed by atoms with van der Waals surface area (Å²) in [5.74, 6) is 1.03. The summed E-state index contributed by atoms with van der Waals surface area (Å²) in [6, 6.07) is 10.4. The highest BCUT2D eigenvalue weighted by Crippen LogP contribution is 2.24. The van der Waals surface area contributed by atoms with Gasteiger partial charge in [-0.15, -0.1) is 0 Å². The molecule has 1 unspecified atom stereocenters. The number of aryl methyl sites for hydroxylation is 2. The lowest BCUT2D eigenvalue weighted by molar-refractivity contribution is 0.211. The molecule has 7 nitrogen and oxygen atoms in total. The number of anilines is 2. The predicted octanol–water partition coefficient (Wildman–Crippen LogP) is 3.04. The Morgan fingerprint density at radius 3 is 2.50 bits per heavy atom. The van der Waals surface area contributed by atoms with Gasteiger partial charge in [-0.1, -0.05) is 12.1 Å². The molecule has 0 aliphatic carbocycles. The Morgan fingerprint density at radius 2 is 1.83 bits per heavy atom. The molecule has 8 heteroatoms. The van der Waals surface area contributed by atoms with E-state index in [4.69, 9.17) is 5.73 Å². The van der Waals surface area contributed by atoms with E-state index in [1.807, 2.05) is 32.0 Å². The summed E-state index contributed by atoms with van der Waals surface area (Å²) in [6.45, 7) is 6.88. The van der Waals surface area contributed by atoms with Crippen molar-refractivity contribution in [1.29, 1.82) is 0 Å². The van der Waals surface area contributed by atoms with Crippen LogP contribution in [0.2, 0.25) is 0 Å². The van der Waals surface area contributed by atoms with Crippen LogP contribution in [-0.4, -0.2) is 49.4 Å². The minimum Gasteiger partial charge on any atom is -0.383 e. The van der Waals surface area contributed by atoms with E-state index in [1.54, 1.807) is 6.26 Å². The average Bonchev–Trinajstić information content (AvgIpc) is 2.69. The average molecular weight is 425 g/mol. The molecule has 0 saturated carbocycles. The number of hydrogen-bond donors (Lipinski definition) is 2.